The van der Waals surface area contributed by atoms with Crippen LogP contribution < -0.4 is 5.32 Å². The van der Waals surface area contributed by atoms with E-state index < -0.39 is 0 Å². The first-order valence-electron chi connectivity index (χ1n) is 9.59. The van der Waals surface area contributed by atoms with Crippen LogP contribution in [0.15, 0.2) is 24.3 Å². The summed E-state index contributed by atoms with van der Waals surface area (Å²) in [5.41, 5.74) is 2.16. The van der Waals surface area contributed by atoms with E-state index in [0.29, 0.717) is 12.3 Å². The summed E-state index contributed by atoms with van der Waals surface area (Å²) in [6, 6.07) is 7.87. The highest BCUT2D eigenvalue weighted by Crippen LogP contribution is 2.23. The zero-order chi connectivity index (χ0) is 19.3. The molecule has 0 radical (unpaired) electrons. The van der Waals surface area contributed by atoms with Gasteiger partial charge in [0.2, 0.25) is 11.8 Å². The number of carbonyl (C=O) groups excluding carboxylic acids is 2. The fraction of sp³-hybridized carbons (Fsp3) is 0.619. The van der Waals surface area contributed by atoms with Crippen LogP contribution in [-0.2, 0) is 9.59 Å². The molecule has 1 fully saturated rings. The molecule has 0 saturated carbocycles. The van der Waals surface area contributed by atoms with Gasteiger partial charge in [0.05, 0.1) is 0 Å². The van der Waals surface area contributed by atoms with Crippen molar-refractivity contribution in [3.63, 3.8) is 0 Å². The van der Waals surface area contributed by atoms with E-state index in [1.165, 1.54) is 0 Å². The van der Waals surface area contributed by atoms with Gasteiger partial charge in [-0.25, -0.2) is 0 Å². The maximum absolute atomic E-state index is 12.9. The molecule has 144 valence electrons. The normalized spacial score (nSPS) is 16.8. The minimum atomic E-state index is -0.295. The van der Waals surface area contributed by atoms with Gasteiger partial charge in [0.1, 0.15) is 6.04 Å². The second-order valence-electron chi connectivity index (χ2n) is 7.98. The second kappa shape index (κ2) is 9.17. The lowest BCUT2D eigenvalue weighted by atomic mass is 9.98. The summed E-state index contributed by atoms with van der Waals surface area (Å²) in [6.07, 6.45) is 2.25. The predicted octanol–water partition coefficient (Wildman–Crippen LogP) is 2.75. The number of hydrogen-bond donors (Lipinski definition) is 1. The van der Waals surface area contributed by atoms with Crippen LogP contribution in [-0.4, -0.2) is 54.8 Å². The van der Waals surface area contributed by atoms with Crippen molar-refractivity contribution in [3.8, 4) is 0 Å². The zero-order valence-corrected chi connectivity index (χ0v) is 16.8. The molecule has 0 spiro atoms. The van der Waals surface area contributed by atoms with Crippen LogP contribution in [0.1, 0.15) is 50.3 Å². The van der Waals surface area contributed by atoms with E-state index in [9.17, 15) is 9.59 Å². The van der Waals surface area contributed by atoms with Crippen LogP contribution in [0.25, 0.3) is 0 Å². The maximum Gasteiger partial charge on any atom is 0.242 e. The molecule has 5 nitrogen and oxygen atoms in total. The Hall–Kier alpha value is -1.88. The number of likely N-dealkylation sites (N-methyl/N-ethyl adjacent to an activating group) is 1. The predicted molar refractivity (Wildman–Crippen MR) is 105 cm³/mol. The number of nitrogens with one attached hydrogen (secondary N) is 1. The van der Waals surface area contributed by atoms with Crippen LogP contribution in [0.5, 0.6) is 0 Å². The second-order valence-corrected chi connectivity index (χ2v) is 7.98. The molecule has 26 heavy (non-hydrogen) atoms. The third-order valence-electron chi connectivity index (χ3n) is 5.02. The summed E-state index contributed by atoms with van der Waals surface area (Å²) >= 11 is 0. The van der Waals surface area contributed by atoms with Crippen molar-refractivity contribution in [2.75, 3.05) is 27.2 Å². The van der Waals surface area contributed by atoms with Crippen molar-refractivity contribution in [3.05, 3.63) is 35.4 Å². The number of carbonyl (C=O) groups is 2. The molecular weight excluding hydrogens is 326 g/mol. The number of aryl methyl sites for hydroxylation is 1. The van der Waals surface area contributed by atoms with Crippen molar-refractivity contribution in [2.24, 2.45) is 5.92 Å². The number of piperidine rings is 1. The monoisotopic (exact) mass is 359 g/mol. The van der Waals surface area contributed by atoms with Gasteiger partial charge in [-0.15, -0.1) is 0 Å². The highest BCUT2D eigenvalue weighted by atomic mass is 16.2. The molecule has 2 rings (SSSR count). The van der Waals surface area contributed by atoms with Gasteiger partial charge in [0.25, 0.3) is 0 Å². The van der Waals surface area contributed by atoms with E-state index in [1.807, 2.05) is 55.1 Å². The lowest BCUT2D eigenvalue weighted by Gasteiger charge is -2.34. The molecule has 1 aliphatic rings. The minimum Gasteiger partial charge on any atom is -0.352 e. The van der Waals surface area contributed by atoms with Gasteiger partial charge < -0.3 is 10.2 Å². The van der Waals surface area contributed by atoms with Gasteiger partial charge in [-0.3, -0.25) is 14.5 Å². The lowest BCUT2D eigenvalue weighted by Crippen LogP contribution is -2.49. The number of hydrogen-bond acceptors (Lipinski definition) is 3. The summed E-state index contributed by atoms with van der Waals surface area (Å²) in [6.45, 7) is 7.63. The van der Waals surface area contributed by atoms with Gasteiger partial charge >= 0.3 is 0 Å². The Morgan fingerprint density at radius 2 is 1.81 bits per heavy atom. The van der Waals surface area contributed by atoms with E-state index in [2.05, 4.69) is 19.2 Å². The van der Waals surface area contributed by atoms with Crippen molar-refractivity contribution >= 4 is 11.8 Å². The van der Waals surface area contributed by atoms with Crippen LogP contribution >= 0.6 is 0 Å². The SMILES string of the molecule is Cc1ccccc1[C@@H](C(=O)NC1CCN(C(=O)CC(C)C)CC1)N(C)C. The van der Waals surface area contributed by atoms with Crippen LogP contribution in [0.2, 0.25) is 0 Å². The van der Waals surface area contributed by atoms with Crippen molar-refractivity contribution < 1.29 is 9.59 Å². The van der Waals surface area contributed by atoms with E-state index in [-0.39, 0.29) is 23.9 Å². The smallest absolute Gasteiger partial charge is 0.242 e. The first-order valence-corrected chi connectivity index (χ1v) is 9.59. The highest BCUT2D eigenvalue weighted by Gasteiger charge is 2.29. The van der Waals surface area contributed by atoms with E-state index in [1.54, 1.807) is 0 Å². The van der Waals surface area contributed by atoms with E-state index >= 15 is 0 Å². The molecule has 1 aromatic rings. The summed E-state index contributed by atoms with van der Waals surface area (Å²) < 4.78 is 0. The molecule has 1 saturated heterocycles. The molecule has 1 heterocycles. The van der Waals surface area contributed by atoms with Gasteiger partial charge in [-0.2, -0.15) is 0 Å². The Kier molecular flexibility index (Phi) is 7.21. The Bertz CT molecular complexity index is 619. The number of rotatable bonds is 6. The Labute approximate surface area is 157 Å². The molecule has 2 amide bonds. The van der Waals surface area contributed by atoms with Gasteiger partial charge in [-0.1, -0.05) is 38.1 Å². The fourth-order valence-corrected chi connectivity index (χ4v) is 3.58. The molecule has 0 unspecified atom stereocenters. The Morgan fingerprint density at radius 3 is 2.35 bits per heavy atom. The summed E-state index contributed by atoms with van der Waals surface area (Å²) in [5, 5.41) is 3.21. The first kappa shape index (κ1) is 20.4. The standard InChI is InChI=1S/C21H33N3O2/c1-15(2)14-19(25)24-12-10-17(11-13-24)22-21(26)20(23(4)5)18-9-7-6-8-16(18)3/h6-9,15,17,20H,10-14H2,1-5H3,(H,22,26)/t20-/m0/s1. The molecular formula is C21H33N3O2. The van der Waals surface area contributed by atoms with Gasteiger partial charge in [-0.05, 0) is 50.9 Å². The highest BCUT2D eigenvalue weighted by molar-refractivity contribution is 5.84. The maximum atomic E-state index is 12.9. The Morgan fingerprint density at radius 1 is 1.19 bits per heavy atom. The molecule has 0 bridgehead atoms. The van der Waals surface area contributed by atoms with Crippen molar-refractivity contribution in [2.45, 2.75) is 52.1 Å². The Balaban J connectivity index is 1.95. The number of benzene rings is 1. The quantitative estimate of drug-likeness (QED) is 0.850. The van der Waals surface area contributed by atoms with Crippen molar-refractivity contribution in [1.29, 1.82) is 0 Å². The average Bonchev–Trinajstić information content (AvgIpc) is 2.56. The summed E-state index contributed by atoms with van der Waals surface area (Å²) in [4.78, 5) is 29.0. The lowest BCUT2D eigenvalue weighted by molar-refractivity contribution is -0.133. The summed E-state index contributed by atoms with van der Waals surface area (Å²) in [7, 11) is 3.87. The number of nitrogens with zero attached hydrogens (tertiary/aromatic N) is 2. The van der Waals surface area contributed by atoms with E-state index in [4.69, 9.17) is 0 Å². The van der Waals surface area contributed by atoms with Crippen LogP contribution in [0.4, 0.5) is 0 Å². The molecule has 1 N–H and O–H groups in total. The average molecular weight is 360 g/mol. The van der Waals surface area contributed by atoms with Crippen molar-refractivity contribution in [1.82, 2.24) is 15.1 Å². The topological polar surface area (TPSA) is 52.7 Å². The molecule has 5 heteroatoms. The number of amides is 2. The third kappa shape index (κ3) is 5.31. The van der Waals surface area contributed by atoms with Crippen LogP contribution in [0, 0.1) is 12.8 Å². The first-order chi connectivity index (χ1) is 12.3. The number of likely N-dealkylation sites (tertiary alicyclic amines) is 1. The molecule has 1 aromatic carbocycles. The van der Waals surface area contributed by atoms with E-state index in [0.717, 1.165) is 37.1 Å². The zero-order valence-electron chi connectivity index (χ0n) is 16.8. The molecule has 1 aliphatic heterocycles. The molecule has 1 atom stereocenters. The largest absolute Gasteiger partial charge is 0.352 e. The third-order valence-corrected chi connectivity index (χ3v) is 5.02. The van der Waals surface area contributed by atoms with Gasteiger partial charge in [0.15, 0.2) is 0 Å². The summed E-state index contributed by atoms with van der Waals surface area (Å²) in [5.74, 6) is 0.655. The fourth-order valence-electron chi connectivity index (χ4n) is 3.58. The van der Waals surface area contributed by atoms with Gasteiger partial charge in [0, 0.05) is 25.6 Å². The van der Waals surface area contributed by atoms with Crippen LogP contribution in [0.3, 0.4) is 0 Å². The minimum absolute atomic E-state index is 0.0382. The molecule has 0 aromatic heterocycles. The molecule has 0 aliphatic carbocycles.